The maximum atomic E-state index is 11.4. The Balaban J connectivity index is 1.97. The highest BCUT2D eigenvalue weighted by molar-refractivity contribution is 5.88. The van der Waals surface area contributed by atoms with Crippen LogP contribution >= 0.6 is 0 Å². The molecular formula is C9H16N2O2. The molecule has 2 fully saturated rings. The van der Waals surface area contributed by atoms with Crippen LogP contribution in [0.1, 0.15) is 19.3 Å². The fraction of sp³-hybridized carbons (Fsp3) is 0.889. The highest BCUT2D eigenvalue weighted by Crippen LogP contribution is 2.29. The third kappa shape index (κ3) is 1.34. The molecule has 13 heavy (non-hydrogen) atoms. The second-order valence-corrected chi connectivity index (χ2v) is 3.87. The van der Waals surface area contributed by atoms with Crippen LogP contribution in [0.4, 0.5) is 0 Å². The molecule has 3 atom stereocenters. The zero-order chi connectivity index (χ0) is 9.42. The highest BCUT2D eigenvalue weighted by Gasteiger charge is 2.43. The van der Waals surface area contributed by atoms with Crippen molar-refractivity contribution in [3.8, 4) is 0 Å². The monoisotopic (exact) mass is 184 g/mol. The Hall–Kier alpha value is -0.610. The number of rotatable bonds is 2. The van der Waals surface area contributed by atoms with Gasteiger partial charge in [-0.05, 0) is 19.3 Å². The largest absolute Gasteiger partial charge is 0.379 e. The van der Waals surface area contributed by atoms with Gasteiger partial charge in [-0.3, -0.25) is 4.79 Å². The number of methoxy groups -OCH3 is 1. The van der Waals surface area contributed by atoms with Crippen molar-refractivity contribution in [2.75, 3.05) is 13.7 Å². The van der Waals surface area contributed by atoms with Gasteiger partial charge in [0.2, 0.25) is 5.91 Å². The smallest absolute Gasteiger partial charge is 0.241 e. The molecule has 1 saturated carbocycles. The Labute approximate surface area is 78.0 Å². The van der Waals surface area contributed by atoms with Gasteiger partial charge in [0.1, 0.15) is 6.04 Å². The number of carbonyl (C=O) groups is 1. The van der Waals surface area contributed by atoms with Gasteiger partial charge in [0.15, 0.2) is 0 Å². The van der Waals surface area contributed by atoms with E-state index >= 15 is 0 Å². The van der Waals surface area contributed by atoms with E-state index in [-0.39, 0.29) is 24.1 Å². The molecule has 4 nitrogen and oxygen atoms in total. The Morgan fingerprint density at radius 2 is 2.31 bits per heavy atom. The fourth-order valence-electron chi connectivity index (χ4n) is 2.32. The molecule has 1 amide bonds. The number of hydrogen-bond donors (Lipinski definition) is 1. The van der Waals surface area contributed by atoms with Crippen LogP contribution in [0.5, 0.6) is 0 Å². The van der Waals surface area contributed by atoms with Crippen molar-refractivity contribution in [2.24, 2.45) is 5.73 Å². The third-order valence-corrected chi connectivity index (χ3v) is 3.11. The van der Waals surface area contributed by atoms with Crippen LogP contribution in [-0.4, -0.2) is 42.6 Å². The summed E-state index contributed by atoms with van der Waals surface area (Å²) >= 11 is 0. The normalized spacial score (nSPS) is 39.4. The van der Waals surface area contributed by atoms with Gasteiger partial charge in [-0.1, -0.05) is 0 Å². The first-order chi connectivity index (χ1) is 6.24. The van der Waals surface area contributed by atoms with E-state index in [1.54, 1.807) is 7.11 Å². The van der Waals surface area contributed by atoms with Gasteiger partial charge < -0.3 is 15.4 Å². The second-order valence-electron chi connectivity index (χ2n) is 3.87. The summed E-state index contributed by atoms with van der Waals surface area (Å²) in [6, 6.07) is 0.0374. The molecule has 0 bridgehead atoms. The summed E-state index contributed by atoms with van der Waals surface area (Å²) in [6.45, 7) is 0.712. The van der Waals surface area contributed by atoms with E-state index in [1.165, 1.54) is 0 Å². The van der Waals surface area contributed by atoms with Gasteiger partial charge in [-0.2, -0.15) is 0 Å². The highest BCUT2D eigenvalue weighted by atomic mass is 16.5. The van der Waals surface area contributed by atoms with Crippen LogP contribution in [-0.2, 0) is 9.53 Å². The zero-order valence-corrected chi connectivity index (χ0v) is 7.90. The summed E-state index contributed by atoms with van der Waals surface area (Å²) in [5, 5.41) is 0. The Morgan fingerprint density at radius 1 is 1.54 bits per heavy atom. The second kappa shape index (κ2) is 3.27. The SMILES string of the molecule is COC1CCCC1N1CC(N)C1=O. The lowest BCUT2D eigenvalue weighted by atomic mass is 10.0. The predicted molar refractivity (Wildman–Crippen MR) is 48.1 cm³/mol. The zero-order valence-electron chi connectivity index (χ0n) is 7.90. The van der Waals surface area contributed by atoms with Crippen molar-refractivity contribution in [3.05, 3.63) is 0 Å². The molecule has 2 aliphatic rings. The minimum absolute atomic E-state index is 0.0916. The predicted octanol–water partition coefficient (Wildman–Crippen LogP) is -0.277. The fourth-order valence-corrected chi connectivity index (χ4v) is 2.32. The molecule has 1 heterocycles. The molecule has 1 saturated heterocycles. The molecule has 3 unspecified atom stereocenters. The molecule has 2 rings (SSSR count). The third-order valence-electron chi connectivity index (χ3n) is 3.11. The molecule has 74 valence electrons. The number of nitrogens with zero attached hydrogens (tertiary/aromatic N) is 1. The van der Waals surface area contributed by atoms with Gasteiger partial charge in [-0.25, -0.2) is 0 Å². The molecule has 1 aliphatic heterocycles. The van der Waals surface area contributed by atoms with Gasteiger partial charge in [0.25, 0.3) is 0 Å². The van der Waals surface area contributed by atoms with Gasteiger partial charge in [-0.15, -0.1) is 0 Å². The topological polar surface area (TPSA) is 55.6 Å². The Kier molecular flexibility index (Phi) is 2.26. The average molecular weight is 184 g/mol. The van der Waals surface area contributed by atoms with Crippen LogP contribution in [0.25, 0.3) is 0 Å². The summed E-state index contributed by atoms with van der Waals surface area (Å²) < 4.78 is 5.33. The number of amides is 1. The van der Waals surface area contributed by atoms with Crippen molar-refractivity contribution in [1.29, 1.82) is 0 Å². The van der Waals surface area contributed by atoms with Crippen molar-refractivity contribution < 1.29 is 9.53 Å². The van der Waals surface area contributed by atoms with Crippen molar-refractivity contribution in [1.82, 2.24) is 4.90 Å². The standard InChI is InChI=1S/C9H16N2O2/c1-13-8-4-2-3-7(8)11-5-6(10)9(11)12/h6-8H,2-5,10H2,1H3. The molecule has 0 spiro atoms. The summed E-state index contributed by atoms with van der Waals surface area (Å²) in [5.41, 5.74) is 5.53. The average Bonchev–Trinajstić information content (AvgIpc) is 2.60. The van der Waals surface area contributed by atoms with Crippen LogP contribution in [0.3, 0.4) is 0 Å². The first kappa shape index (κ1) is 8.97. The molecule has 0 radical (unpaired) electrons. The van der Waals surface area contributed by atoms with Crippen molar-refractivity contribution in [3.63, 3.8) is 0 Å². The lowest BCUT2D eigenvalue weighted by molar-refractivity contribution is -0.148. The molecule has 4 heteroatoms. The van der Waals surface area contributed by atoms with Gasteiger partial charge in [0.05, 0.1) is 12.1 Å². The van der Waals surface area contributed by atoms with Gasteiger partial charge in [0, 0.05) is 13.7 Å². The first-order valence-corrected chi connectivity index (χ1v) is 4.83. The van der Waals surface area contributed by atoms with Crippen LogP contribution in [0, 0.1) is 0 Å². The van der Waals surface area contributed by atoms with Crippen LogP contribution in [0.2, 0.25) is 0 Å². The number of likely N-dealkylation sites (tertiary alicyclic amines) is 1. The lowest BCUT2D eigenvalue weighted by Crippen LogP contribution is -2.65. The molecule has 1 aliphatic carbocycles. The van der Waals surface area contributed by atoms with E-state index in [0.717, 1.165) is 19.3 Å². The molecule has 0 aromatic rings. The van der Waals surface area contributed by atoms with E-state index in [9.17, 15) is 4.79 Å². The lowest BCUT2D eigenvalue weighted by Gasteiger charge is -2.42. The van der Waals surface area contributed by atoms with E-state index in [2.05, 4.69) is 0 Å². The van der Waals surface area contributed by atoms with Crippen LogP contribution in [0.15, 0.2) is 0 Å². The molecule has 0 aromatic heterocycles. The number of ether oxygens (including phenoxy) is 1. The van der Waals surface area contributed by atoms with E-state index in [0.29, 0.717) is 6.54 Å². The van der Waals surface area contributed by atoms with Crippen molar-refractivity contribution in [2.45, 2.75) is 37.5 Å². The van der Waals surface area contributed by atoms with Crippen LogP contribution < -0.4 is 5.73 Å². The maximum Gasteiger partial charge on any atom is 0.241 e. The molecular weight excluding hydrogens is 168 g/mol. The molecule has 0 aromatic carbocycles. The maximum absolute atomic E-state index is 11.4. The number of nitrogens with two attached hydrogens (primary N) is 1. The van der Waals surface area contributed by atoms with E-state index in [4.69, 9.17) is 10.5 Å². The Morgan fingerprint density at radius 3 is 2.85 bits per heavy atom. The van der Waals surface area contributed by atoms with Crippen molar-refractivity contribution >= 4 is 5.91 Å². The van der Waals surface area contributed by atoms with Gasteiger partial charge >= 0.3 is 0 Å². The number of β-lactam (4-membered cyclic amide) rings is 1. The minimum atomic E-state index is -0.252. The number of carbonyl (C=O) groups excluding carboxylic acids is 1. The summed E-state index contributed by atoms with van der Waals surface area (Å²) in [5.74, 6) is 0.0916. The molecule has 2 N–H and O–H groups in total. The quantitative estimate of drug-likeness (QED) is 0.601. The minimum Gasteiger partial charge on any atom is -0.379 e. The summed E-state index contributed by atoms with van der Waals surface area (Å²) in [4.78, 5) is 13.2. The van der Waals surface area contributed by atoms with E-state index in [1.807, 2.05) is 4.90 Å². The summed E-state index contributed by atoms with van der Waals surface area (Å²) in [7, 11) is 1.72. The number of hydrogen-bond acceptors (Lipinski definition) is 3. The Bertz CT molecular complexity index is 220. The first-order valence-electron chi connectivity index (χ1n) is 4.83. The van der Waals surface area contributed by atoms with E-state index < -0.39 is 0 Å². The summed E-state index contributed by atoms with van der Waals surface area (Å²) in [6.07, 6.45) is 3.52.